The lowest BCUT2D eigenvalue weighted by atomic mass is 9.94. The predicted molar refractivity (Wildman–Crippen MR) is 152 cm³/mol. The third kappa shape index (κ3) is 4.38. The van der Waals surface area contributed by atoms with Crippen LogP contribution in [0.5, 0.6) is 11.9 Å². The Morgan fingerprint density at radius 2 is 2.02 bits per heavy atom. The van der Waals surface area contributed by atoms with Crippen molar-refractivity contribution < 1.29 is 18.6 Å². The molecule has 4 aromatic rings. The third-order valence-corrected chi connectivity index (χ3v) is 9.07. The maximum absolute atomic E-state index is 13.4. The molecule has 210 valence electrons. The number of fused-ring (bicyclic) bond motifs is 4. The minimum Gasteiger partial charge on any atom is -0.472 e. The highest BCUT2D eigenvalue weighted by molar-refractivity contribution is 9.10. The Bertz CT molecular complexity index is 1580. The van der Waals surface area contributed by atoms with Gasteiger partial charge in [-0.2, -0.15) is 15.1 Å². The van der Waals surface area contributed by atoms with Crippen LogP contribution in [0.2, 0.25) is 0 Å². The molecule has 9 nitrogen and oxygen atoms in total. The topological polar surface area (TPSA) is 79.5 Å². The second-order valence-electron chi connectivity index (χ2n) is 11.1. The minimum atomic E-state index is -0.220. The summed E-state index contributed by atoms with van der Waals surface area (Å²) < 4.78 is 36.9. The van der Waals surface area contributed by atoms with Gasteiger partial charge in [-0.05, 0) is 72.1 Å². The summed E-state index contributed by atoms with van der Waals surface area (Å²) in [5.41, 5.74) is 4.10. The average molecular weight is 612 g/mol. The van der Waals surface area contributed by atoms with E-state index in [0.717, 1.165) is 72.5 Å². The van der Waals surface area contributed by atoms with Gasteiger partial charge in [-0.1, -0.05) is 30.3 Å². The van der Waals surface area contributed by atoms with Crippen molar-refractivity contribution in [3.63, 3.8) is 0 Å². The molecule has 0 radical (unpaired) electrons. The van der Waals surface area contributed by atoms with Gasteiger partial charge in [0.05, 0.1) is 11.9 Å². The molecule has 0 aliphatic carbocycles. The van der Waals surface area contributed by atoms with E-state index in [2.05, 4.69) is 20.8 Å². The summed E-state index contributed by atoms with van der Waals surface area (Å²) >= 11 is 3.68. The van der Waals surface area contributed by atoms with Crippen molar-refractivity contribution in [2.24, 2.45) is 7.05 Å². The molecule has 3 aromatic heterocycles. The van der Waals surface area contributed by atoms with Crippen LogP contribution < -0.4 is 9.47 Å². The summed E-state index contributed by atoms with van der Waals surface area (Å²) in [6, 6.07) is 10.3. The smallest absolute Gasteiger partial charge is 0.321 e. The number of hydrogen-bond donors (Lipinski definition) is 0. The average Bonchev–Trinajstić information content (AvgIpc) is 3.71. The lowest BCUT2D eigenvalue weighted by Crippen LogP contribution is -2.43. The fourth-order valence-electron chi connectivity index (χ4n) is 6.57. The molecule has 40 heavy (non-hydrogen) atoms. The van der Waals surface area contributed by atoms with Crippen LogP contribution in [0, 0.1) is 0 Å². The number of aromatic nitrogens is 5. The zero-order valence-corrected chi connectivity index (χ0v) is 24.1. The number of hydrogen-bond acceptors (Lipinski definition) is 7. The summed E-state index contributed by atoms with van der Waals surface area (Å²) in [6.07, 6.45) is 6.31. The molecule has 0 amide bonds. The Kier molecular flexibility index (Phi) is 6.76. The molecule has 1 unspecified atom stereocenters. The fraction of sp³-hybridized carbons (Fsp3) is 0.483. The summed E-state index contributed by atoms with van der Waals surface area (Å²) in [5.74, 6) is 0.440. The van der Waals surface area contributed by atoms with Crippen LogP contribution >= 0.6 is 15.9 Å². The van der Waals surface area contributed by atoms with Crippen molar-refractivity contribution in [1.29, 1.82) is 0 Å². The number of nitrogens with zero attached hydrogens (tertiary/aromatic N) is 6. The second-order valence-corrected chi connectivity index (χ2v) is 11.8. The lowest BCUT2D eigenvalue weighted by molar-refractivity contribution is -0.0367. The van der Waals surface area contributed by atoms with Crippen molar-refractivity contribution in [1.82, 2.24) is 29.2 Å². The highest BCUT2D eigenvalue weighted by Gasteiger charge is 2.47. The lowest BCUT2D eigenvalue weighted by Gasteiger charge is -2.30. The number of aryl methyl sites for hydroxylation is 1. The fourth-order valence-corrected chi connectivity index (χ4v) is 7.19. The van der Waals surface area contributed by atoms with Gasteiger partial charge in [-0.3, -0.25) is 4.90 Å². The predicted octanol–water partition coefficient (Wildman–Crippen LogP) is 5.83. The quantitative estimate of drug-likeness (QED) is 0.260. The molecule has 3 saturated heterocycles. The maximum atomic E-state index is 13.4. The van der Waals surface area contributed by atoms with Gasteiger partial charge < -0.3 is 18.8 Å². The van der Waals surface area contributed by atoms with Crippen LogP contribution in [0.15, 0.2) is 46.8 Å². The van der Waals surface area contributed by atoms with E-state index in [0.29, 0.717) is 48.9 Å². The van der Waals surface area contributed by atoms with Gasteiger partial charge in [0, 0.05) is 20.2 Å². The maximum Gasteiger partial charge on any atom is 0.321 e. The van der Waals surface area contributed by atoms with Crippen molar-refractivity contribution in [2.75, 3.05) is 26.3 Å². The number of ether oxygens (including phenoxy) is 3. The third-order valence-electron chi connectivity index (χ3n) is 8.53. The van der Waals surface area contributed by atoms with Gasteiger partial charge in [-0.15, -0.1) is 0 Å². The molecule has 6 heterocycles. The van der Waals surface area contributed by atoms with Crippen LogP contribution in [0.3, 0.4) is 0 Å². The highest BCUT2D eigenvalue weighted by Crippen LogP contribution is 2.43. The van der Waals surface area contributed by atoms with E-state index in [-0.39, 0.29) is 17.8 Å². The van der Waals surface area contributed by atoms with E-state index in [9.17, 15) is 4.39 Å². The SMILES string of the molecule is Cn1c2nc(OC[C@@]34CCCN3C/C(=C\F)C4)nc(OCc3ccccc3)c2c2c1c(Br)nn2C1CCCCO1. The zero-order valence-electron chi connectivity index (χ0n) is 22.5. The van der Waals surface area contributed by atoms with E-state index in [1.807, 2.05) is 46.6 Å². The Hall–Kier alpha value is -3.02. The van der Waals surface area contributed by atoms with Gasteiger partial charge in [-0.25, -0.2) is 9.07 Å². The first-order valence-electron chi connectivity index (χ1n) is 13.9. The monoisotopic (exact) mass is 610 g/mol. The van der Waals surface area contributed by atoms with E-state index >= 15 is 0 Å². The molecular weight excluding hydrogens is 579 g/mol. The van der Waals surface area contributed by atoms with Crippen LogP contribution in [0.1, 0.15) is 50.3 Å². The number of benzene rings is 1. The van der Waals surface area contributed by atoms with Gasteiger partial charge in [0.2, 0.25) is 5.88 Å². The summed E-state index contributed by atoms with van der Waals surface area (Å²) in [6.45, 7) is 3.05. The van der Waals surface area contributed by atoms with Crippen molar-refractivity contribution in [3.05, 3.63) is 52.4 Å². The normalized spacial score (nSPS) is 24.4. The van der Waals surface area contributed by atoms with Gasteiger partial charge in [0.15, 0.2) is 16.5 Å². The van der Waals surface area contributed by atoms with Crippen LogP contribution in [-0.2, 0) is 18.4 Å². The first kappa shape index (κ1) is 25.9. The Balaban J connectivity index is 1.31. The summed E-state index contributed by atoms with van der Waals surface area (Å²) in [5, 5.41) is 5.58. The molecule has 3 aliphatic rings. The Labute approximate surface area is 240 Å². The second kappa shape index (κ2) is 10.4. The van der Waals surface area contributed by atoms with Crippen molar-refractivity contribution in [3.8, 4) is 11.9 Å². The number of halogens is 2. The molecule has 0 spiro atoms. The summed E-state index contributed by atoms with van der Waals surface area (Å²) in [7, 11) is 1.97. The van der Waals surface area contributed by atoms with Crippen LogP contribution in [-0.4, -0.2) is 61.1 Å². The first-order valence-corrected chi connectivity index (χ1v) is 14.7. The Morgan fingerprint density at radius 3 is 2.83 bits per heavy atom. The van der Waals surface area contributed by atoms with Crippen LogP contribution in [0.25, 0.3) is 22.1 Å². The molecule has 0 saturated carbocycles. The van der Waals surface area contributed by atoms with Crippen molar-refractivity contribution in [2.45, 2.75) is 56.9 Å². The van der Waals surface area contributed by atoms with E-state index in [1.54, 1.807) is 0 Å². The number of rotatable bonds is 7. The molecule has 3 aliphatic heterocycles. The summed E-state index contributed by atoms with van der Waals surface area (Å²) in [4.78, 5) is 12.0. The molecule has 1 aromatic carbocycles. The van der Waals surface area contributed by atoms with E-state index < -0.39 is 0 Å². The van der Waals surface area contributed by atoms with Gasteiger partial charge in [0.1, 0.15) is 29.6 Å². The highest BCUT2D eigenvalue weighted by atomic mass is 79.9. The van der Waals surface area contributed by atoms with Crippen molar-refractivity contribution >= 4 is 38.0 Å². The van der Waals surface area contributed by atoms with E-state index in [4.69, 9.17) is 29.3 Å². The standard InChI is InChI=1S/C29H32BrFN6O3/c1-35-24-23(37(34-25(24)30)21-10-5-6-13-38-21)22-26(35)32-28(33-27(22)39-17-19-8-3-2-4-9-19)40-18-29-11-7-12-36(29)16-20(14-29)15-31/h2-4,8-9,15,21H,5-7,10-14,16-18H2,1H3/b20-15-/t21?,29-/m0/s1. The van der Waals surface area contributed by atoms with E-state index in [1.165, 1.54) is 0 Å². The van der Waals surface area contributed by atoms with Gasteiger partial charge >= 0.3 is 6.01 Å². The zero-order chi connectivity index (χ0) is 27.3. The molecule has 3 fully saturated rings. The van der Waals surface area contributed by atoms with Crippen LogP contribution in [0.4, 0.5) is 4.39 Å². The molecule has 2 atom stereocenters. The molecule has 0 N–H and O–H groups in total. The largest absolute Gasteiger partial charge is 0.472 e. The first-order chi connectivity index (χ1) is 19.6. The molecular formula is C29H32BrFN6O3. The Morgan fingerprint density at radius 1 is 1.15 bits per heavy atom. The molecule has 0 bridgehead atoms. The van der Waals surface area contributed by atoms with Gasteiger partial charge in [0.25, 0.3) is 0 Å². The minimum absolute atomic E-state index is 0.168. The molecule has 11 heteroatoms. The molecule has 7 rings (SSSR count).